The fourth-order valence-electron chi connectivity index (χ4n) is 5.23. The van der Waals surface area contributed by atoms with E-state index in [1.54, 1.807) is 14.2 Å². The summed E-state index contributed by atoms with van der Waals surface area (Å²) in [6, 6.07) is 6.19. The smallest absolute Gasteiger partial charge is 0.306 e. The molecule has 3 atom stereocenters. The van der Waals surface area contributed by atoms with Crippen LogP contribution in [0, 0.1) is 0 Å². The van der Waals surface area contributed by atoms with Gasteiger partial charge in [-0.3, -0.25) is 19.0 Å². The minimum absolute atomic E-state index is 0.0726. The van der Waals surface area contributed by atoms with Crippen molar-refractivity contribution in [2.45, 2.75) is 69.6 Å². The van der Waals surface area contributed by atoms with Gasteiger partial charge in [-0.05, 0) is 43.4 Å². The van der Waals surface area contributed by atoms with Gasteiger partial charge in [0.1, 0.15) is 6.10 Å². The average molecular weight is 571 g/mol. The fourth-order valence-corrected chi connectivity index (χ4v) is 5.73. The van der Waals surface area contributed by atoms with Gasteiger partial charge >= 0.3 is 5.97 Å². The number of benzene rings is 1. The van der Waals surface area contributed by atoms with Gasteiger partial charge in [0.2, 0.25) is 5.91 Å². The van der Waals surface area contributed by atoms with Crippen LogP contribution >= 0.6 is 0 Å². The van der Waals surface area contributed by atoms with Crippen molar-refractivity contribution in [3.8, 4) is 11.5 Å². The summed E-state index contributed by atoms with van der Waals surface area (Å²) in [7, 11) is 0.529. The van der Waals surface area contributed by atoms with E-state index in [0.717, 1.165) is 50.6 Å². The van der Waals surface area contributed by atoms with Crippen LogP contribution in [-0.4, -0.2) is 106 Å². The van der Waals surface area contributed by atoms with E-state index in [9.17, 15) is 18.0 Å². The number of hydrogen-bond donors (Lipinski definition) is 1. The van der Waals surface area contributed by atoms with Crippen LogP contribution in [0.1, 0.15) is 50.5 Å². The van der Waals surface area contributed by atoms with Gasteiger partial charge in [0.05, 0.1) is 39.1 Å². The maximum atomic E-state index is 12.4. The van der Waals surface area contributed by atoms with Crippen molar-refractivity contribution < 1.29 is 41.5 Å². The lowest BCUT2D eigenvalue weighted by molar-refractivity contribution is -0.150. The molecule has 1 saturated heterocycles. The minimum Gasteiger partial charge on any atom is -0.493 e. The van der Waals surface area contributed by atoms with E-state index in [-0.39, 0.29) is 43.5 Å². The highest BCUT2D eigenvalue weighted by Gasteiger charge is 2.36. The second kappa shape index (κ2) is 14.8. The molecule has 1 saturated carbocycles. The SMILES string of the molecule is COc1ccc(CCO[C@@H]2CCCC[C@H]2N2CC[C@@H](OC(=O)CCC(=O)N(C)CCS(=O)(=O)O)C2)cc1OC. The van der Waals surface area contributed by atoms with Crippen molar-refractivity contribution in [1.29, 1.82) is 0 Å². The molecule has 1 aromatic rings. The van der Waals surface area contributed by atoms with Crippen molar-refractivity contribution in [2.24, 2.45) is 0 Å². The lowest BCUT2D eigenvalue weighted by atomic mass is 9.91. The van der Waals surface area contributed by atoms with Crippen molar-refractivity contribution in [1.82, 2.24) is 9.80 Å². The lowest BCUT2D eigenvalue weighted by Crippen LogP contribution is -2.46. The molecule has 39 heavy (non-hydrogen) atoms. The third-order valence-electron chi connectivity index (χ3n) is 7.44. The Morgan fingerprint density at radius 2 is 1.82 bits per heavy atom. The van der Waals surface area contributed by atoms with E-state index in [2.05, 4.69) is 4.90 Å². The van der Waals surface area contributed by atoms with E-state index in [1.807, 2.05) is 18.2 Å². The summed E-state index contributed by atoms with van der Waals surface area (Å²) in [5, 5.41) is 0. The molecular formula is C27H42N2O9S. The van der Waals surface area contributed by atoms with Gasteiger partial charge in [-0.1, -0.05) is 18.9 Å². The van der Waals surface area contributed by atoms with Gasteiger partial charge in [0.25, 0.3) is 10.1 Å². The van der Waals surface area contributed by atoms with Gasteiger partial charge in [0.15, 0.2) is 11.5 Å². The predicted octanol–water partition coefficient (Wildman–Crippen LogP) is 2.32. The number of esters is 1. The minimum atomic E-state index is -4.15. The molecule has 1 amide bonds. The van der Waals surface area contributed by atoms with Crippen molar-refractivity contribution in [3.63, 3.8) is 0 Å². The molecule has 2 aliphatic rings. The first kappa shape index (κ1) is 31.1. The van der Waals surface area contributed by atoms with E-state index in [1.165, 1.54) is 11.9 Å². The highest BCUT2D eigenvalue weighted by Crippen LogP contribution is 2.30. The Labute approximate surface area is 231 Å². The number of hydrogen-bond acceptors (Lipinski definition) is 9. The zero-order valence-corrected chi connectivity index (χ0v) is 24.0. The van der Waals surface area contributed by atoms with Crippen LogP contribution in [0.5, 0.6) is 11.5 Å². The lowest BCUT2D eigenvalue weighted by Gasteiger charge is -2.37. The molecule has 220 valence electrons. The number of carbonyl (C=O) groups excluding carboxylic acids is 2. The molecule has 1 aliphatic heterocycles. The molecule has 12 heteroatoms. The largest absolute Gasteiger partial charge is 0.493 e. The quantitative estimate of drug-likeness (QED) is 0.263. The van der Waals surface area contributed by atoms with Crippen LogP contribution in [0.15, 0.2) is 18.2 Å². The summed E-state index contributed by atoms with van der Waals surface area (Å²) >= 11 is 0. The molecule has 0 unspecified atom stereocenters. The molecule has 0 spiro atoms. The Balaban J connectivity index is 1.41. The van der Waals surface area contributed by atoms with Crippen LogP contribution in [0.4, 0.5) is 0 Å². The fraction of sp³-hybridized carbons (Fsp3) is 0.704. The Bertz CT molecular complexity index is 1070. The Morgan fingerprint density at radius 1 is 1.08 bits per heavy atom. The zero-order chi connectivity index (χ0) is 28.4. The highest BCUT2D eigenvalue weighted by molar-refractivity contribution is 7.85. The maximum absolute atomic E-state index is 12.4. The standard InChI is InChI=1S/C27H42N2O9S/c1-28(15-17-39(32,33)34)26(30)10-11-27(31)38-21-12-14-29(19-21)22-6-4-5-7-23(22)37-16-13-20-8-9-24(35-2)25(18-20)36-3/h8-9,18,21-23H,4-7,10-17,19H2,1-3H3,(H,32,33,34)/t21-,22-,23-/m1/s1. The topological polar surface area (TPSA) is 132 Å². The molecule has 0 radical (unpaired) electrons. The number of amides is 1. The Hall–Kier alpha value is -2.41. The Morgan fingerprint density at radius 3 is 2.54 bits per heavy atom. The molecule has 1 aromatic carbocycles. The molecule has 1 heterocycles. The van der Waals surface area contributed by atoms with E-state index >= 15 is 0 Å². The summed E-state index contributed by atoms with van der Waals surface area (Å²) in [5.74, 6) is 0.0495. The summed E-state index contributed by atoms with van der Waals surface area (Å²) in [4.78, 5) is 28.1. The number of rotatable bonds is 14. The normalized spacial score (nSPS) is 21.9. The first-order valence-corrected chi connectivity index (χ1v) is 15.2. The van der Waals surface area contributed by atoms with Gasteiger partial charge in [-0.15, -0.1) is 0 Å². The summed E-state index contributed by atoms with van der Waals surface area (Å²) in [5.41, 5.74) is 1.12. The second-order valence-electron chi connectivity index (χ2n) is 10.2. The van der Waals surface area contributed by atoms with Crippen LogP contribution in [0.3, 0.4) is 0 Å². The maximum Gasteiger partial charge on any atom is 0.306 e. The van der Waals surface area contributed by atoms with Crippen LogP contribution in [0.25, 0.3) is 0 Å². The zero-order valence-electron chi connectivity index (χ0n) is 23.2. The first-order valence-electron chi connectivity index (χ1n) is 13.5. The number of ether oxygens (including phenoxy) is 4. The predicted molar refractivity (Wildman–Crippen MR) is 145 cm³/mol. The third kappa shape index (κ3) is 9.93. The summed E-state index contributed by atoms with van der Waals surface area (Å²) in [6.45, 7) is 1.95. The van der Waals surface area contributed by atoms with E-state index in [0.29, 0.717) is 24.7 Å². The van der Waals surface area contributed by atoms with Gasteiger partial charge in [0, 0.05) is 39.1 Å². The van der Waals surface area contributed by atoms with E-state index in [4.69, 9.17) is 23.5 Å². The highest BCUT2D eigenvalue weighted by atomic mass is 32.2. The van der Waals surface area contributed by atoms with Crippen molar-refractivity contribution in [2.75, 3.05) is 53.3 Å². The van der Waals surface area contributed by atoms with Gasteiger partial charge in [-0.25, -0.2) is 0 Å². The van der Waals surface area contributed by atoms with E-state index < -0.39 is 21.8 Å². The number of carbonyl (C=O) groups is 2. The molecule has 1 aliphatic carbocycles. The molecule has 0 aromatic heterocycles. The molecular weight excluding hydrogens is 528 g/mol. The summed E-state index contributed by atoms with van der Waals surface area (Å²) in [6.07, 6.45) is 5.61. The van der Waals surface area contributed by atoms with Crippen LogP contribution in [0.2, 0.25) is 0 Å². The van der Waals surface area contributed by atoms with Gasteiger partial charge < -0.3 is 23.8 Å². The molecule has 0 bridgehead atoms. The number of likely N-dealkylation sites (tertiary alicyclic amines) is 1. The molecule has 2 fully saturated rings. The number of methoxy groups -OCH3 is 2. The molecule has 3 rings (SSSR count). The average Bonchev–Trinajstić information content (AvgIpc) is 3.38. The van der Waals surface area contributed by atoms with Crippen LogP contribution < -0.4 is 9.47 Å². The van der Waals surface area contributed by atoms with Crippen molar-refractivity contribution >= 4 is 22.0 Å². The third-order valence-corrected chi connectivity index (χ3v) is 8.13. The van der Waals surface area contributed by atoms with Crippen molar-refractivity contribution in [3.05, 3.63) is 23.8 Å². The number of nitrogens with zero attached hydrogens (tertiary/aromatic N) is 2. The second-order valence-corrected chi connectivity index (χ2v) is 11.8. The first-order chi connectivity index (χ1) is 18.6. The Kier molecular flexibility index (Phi) is 11.8. The van der Waals surface area contributed by atoms with Gasteiger partial charge in [-0.2, -0.15) is 8.42 Å². The summed E-state index contributed by atoms with van der Waals surface area (Å²) < 4.78 is 53.3. The molecule has 11 nitrogen and oxygen atoms in total. The molecule has 1 N–H and O–H groups in total. The monoisotopic (exact) mass is 570 g/mol. The van der Waals surface area contributed by atoms with Crippen LogP contribution in [-0.2, 0) is 35.6 Å².